The minimum absolute atomic E-state index is 0.367. The van der Waals surface area contributed by atoms with Crippen LogP contribution in [0.1, 0.15) is 0 Å². The number of rotatable bonds is 4. The highest BCUT2D eigenvalue weighted by Gasteiger charge is 2.19. The Kier molecular flexibility index (Phi) is 3.76. The summed E-state index contributed by atoms with van der Waals surface area (Å²) in [5.74, 6) is -1.23. The van der Waals surface area contributed by atoms with Crippen LogP contribution >= 0.6 is 0 Å². The zero-order valence-electron chi connectivity index (χ0n) is 10.4. The van der Waals surface area contributed by atoms with Crippen molar-refractivity contribution in [2.75, 3.05) is 4.72 Å². The molecule has 0 radical (unpaired) electrons. The van der Waals surface area contributed by atoms with Crippen molar-refractivity contribution >= 4 is 21.4 Å². The first-order valence-corrected chi connectivity index (χ1v) is 7.04. The molecule has 0 aromatic heterocycles. The van der Waals surface area contributed by atoms with Gasteiger partial charge in [-0.1, -0.05) is 6.07 Å². The second-order valence-corrected chi connectivity index (χ2v) is 5.70. The van der Waals surface area contributed by atoms with Gasteiger partial charge < -0.3 is 5.11 Å². The lowest BCUT2D eigenvalue weighted by Gasteiger charge is -2.09. The van der Waals surface area contributed by atoms with Gasteiger partial charge in [0.2, 0.25) is 0 Å². The highest BCUT2D eigenvalue weighted by molar-refractivity contribution is 7.92. The minimum Gasteiger partial charge on any atom is -0.506 e. The van der Waals surface area contributed by atoms with Gasteiger partial charge in [-0.3, -0.25) is 14.8 Å². The van der Waals surface area contributed by atoms with E-state index >= 15 is 0 Å². The molecule has 0 saturated carbocycles. The molecule has 2 aromatic carbocycles. The molecule has 0 heterocycles. The number of phenols is 1. The van der Waals surface area contributed by atoms with Crippen molar-refractivity contribution < 1.29 is 22.8 Å². The van der Waals surface area contributed by atoms with E-state index in [-0.39, 0.29) is 10.6 Å². The topological polar surface area (TPSA) is 110 Å². The molecular formula is C12H9FN2O5S. The number of halogens is 1. The molecule has 0 bridgehead atoms. The summed E-state index contributed by atoms with van der Waals surface area (Å²) in [5, 5.41) is 20.2. The number of aromatic hydroxyl groups is 1. The number of phenolic OH excluding ortho intramolecular Hbond substituents is 1. The van der Waals surface area contributed by atoms with Crippen molar-refractivity contribution in [3.63, 3.8) is 0 Å². The average Bonchev–Trinajstić information content (AvgIpc) is 2.41. The summed E-state index contributed by atoms with van der Waals surface area (Å²) < 4.78 is 39.1. The highest BCUT2D eigenvalue weighted by Crippen LogP contribution is 2.29. The first-order valence-electron chi connectivity index (χ1n) is 5.55. The summed E-state index contributed by atoms with van der Waals surface area (Å²) >= 11 is 0. The zero-order chi connectivity index (χ0) is 15.6. The lowest BCUT2D eigenvalue weighted by atomic mass is 10.2. The van der Waals surface area contributed by atoms with E-state index in [9.17, 15) is 28.0 Å². The molecular weight excluding hydrogens is 303 g/mol. The fraction of sp³-hybridized carbons (Fsp3) is 0. The minimum atomic E-state index is -4.17. The van der Waals surface area contributed by atoms with Gasteiger partial charge in [-0.2, -0.15) is 0 Å². The Labute approximate surface area is 118 Å². The van der Waals surface area contributed by atoms with Crippen LogP contribution in [-0.2, 0) is 10.0 Å². The summed E-state index contributed by atoms with van der Waals surface area (Å²) in [6.45, 7) is 0. The first-order chi connectivity index (χ1) is 9.79. The summed E-state index contributed by atoms with van der Waals surface area (Å²) in [4.78, 5) is 9.54. The number of non-ortho nitro benzene ring substituents is 1. The third kappa shape index (κ3) is 3.26. The van der Waals surface area contributed by atoms with Crippen LogP contribution in [0.5, 0.6) is 5.75 Å². The van der Waals surface area contributed by atoms with Gasteiger partial charge in [0.05, 0.1) is 15.5 Å². The smallest absolute Gasteiger partial charge is 0.271 e. The third-order valence-corrected chi connectivity index (χ3v) is 3.90. The summed E-state index contributed by atoms with van der Waals surface area (Å²) in [6, 6.07) is 7.10. The second-order valence-electron chi connectivity index (χ2n) is 4.02. The number of hydrogen-bond acceptors (Lipinski definition) is 5. The van der Waals surface area contributed by atoms with E-state index in [2.05, 4.69) is 0 Å². The molecule has 110 valence electrons. The number of nitrogens with one attached hydrogen (secondary N) is 1. The van der Waals surface area contributed by atoms with Crippen LogP contribution in [0.15, 0.2) is 47.4 Å². The molecule has 0 atom stereocenters. The third-order valence-electron chi connectivity index (χ3n) is 2.54. The zero-order valence-corrected chi connectivity index (χ0v) is 11.2. The molecule has 0 fully saturated rings. The van der Waals surface area contributed by atoms with Gasteiger partial charge in [0.25, 0.3) is 15.7 Å². The summed E-state index contributed by atoms with van der Waals surface area (Å²) in [5.41, 5.74) is -0.766. The van der Waals surface area contributed by atoms with Crippen molar-refractivity contribution in [2.45, 2.75) is 4.90 Å². The van der Waals surface area contributed by atoms with E-state index in [0.29, 0.717) is 0 Å². The summed E-state index contributed by atoms with van der Waals surface area (Å²) in [7, 11) is -4.17. The number of nitrogens with zero attached hydrogens (tertiary/aromatic N) is 1. The number of hydrogen-bond donors (Lipinski definition) is 2. The maximum atomic E-state index is 13.1. The van der Waals surface area contributed by atoms with Crippen LogP contribution in [0.3, 0.4) is 0 Å². The molecule has 2 N–H and O–H groups in total. The van der Waals surface area contributed by atoms with Crippen LogP contribution in [0.25, 0.3) is 0 Å². The molecule has 0 spiro atoms. The van der Waals surface area contributed by atoms with E-state index in [4.69, 9.17) is 0 Å². The Bertz CT molecular complexity index is 807. The van der Waals surface area contributed by atoms with E-state index in [0.717, 1.165) is 36.4 Å². The predicted molar refractivity (Wildman–Crippen MR) is 72.0 cm³/mol. The normalized spacial score (nSPS) is 11.1. The van der Waals surface area contributed by atoms with Gasteiger partial charge in [0.15, 0.2) is 0 Å². The van der Waals surface area contributed by atoms with Gasteiger partial charge in [-0.05, 0) is 24.3 Å². The van der Waals surface area contributed by atoms with Gasteiger partial charge in [-0.15, -0.1) is 0 Å². The molecule has 2 rings (SSSR count). The van der Waals surface area contributed by atoms with Gasteiger partial charge >= 0.3 is 0 Å². The van der Waals surface area contributed by atoms with Gasteiger partial charge in [0, 0.05) is 12.1 Å². The Balaban J connectivity index is 2.41. The van der Waals surface area contributed by atoms with Crippen LogP contribution in [0, 0.1) is 15.9 Å². The van der Waals surface area contributed by atoms with Crippen LogP contribution in [-0.4, -0.2) is 18.4 Å². The van der Waals surface area contributed by atoms with Crippen molar-refractivity contribution in [3.8, 4) is 5.75 Å². The molecule has 9 heteroatoms. The molecule has 0 unspecified atom stereocenters. The predicted octanol–water partition coefficient (Wildman–Crippen LogP) is 2.24. The molecule has 7 nitrogen and oxygen atoms in total. The molecule has 21 heavy (non-hydrogen) atoms. The monoisotopic (exact) mass is 312 g/mol. The number of nitro benzene ring substituents is 1. The SMILES string of the molecule is O=[N+]([O-])c1ccc(O)c(NS(=O)(=O)c2cccc(F)c2)c1. The number of anilines is 1. The van der Waals surface area contributed by atoms with Gasteiger partial charge in [0.1, 0.15) is 11.6 Å². The van der Waals surface area contributed by atoms with Crippen LogP contribution in [0.2, 0.25) is 0 Å². The maximum Gasteiger partial charge on any atom is 0.271 e. The molecule has 0 aliphatic heterocycles. The Morgan fingerprint density at radius 3 is 2.52 bits per heavy atom. The summed E-state index contributed by atoms with van der Waals surface area (Å²) in [6.07, 6.45) is 0. The highest BCUT2D eigenvalue weighted by atomic mass is 32.2. The van der Waals surface area contributed by atoms with Crippen LogP contribution in [0.4, 0.5) is 15.8 Å². The Morgan fingerprint density at radius 1 is 1.19 bits per heavy atom. The average molecular weight is 312 g/mol. The number of benzene rings is 2. The molecule has 0 amide bonds. The van der Waals surface area contributed by atoms with E-state index in [1.165, 1.54) is 6.07 Å². The largest absolute Gasteiger partial charge is 0.506 e. The number of nitro groups is 1. The Morgan fingerprint density at radius 2 is 1.90 bits per heavy atom. The molecule has 0 saturated heterocycles. The standard InChI is InChI=1S/C12H9FN2O5S/c13-8-2-1-3-10(6-8)21(19,20)14-11-7-9(15(17)18)4-5-12(11)16/h1-7,14,16H. The van der Waals surface area contributed by atoms with E-state index in [1.807, 2.05) is 4.72 Å². The first kappa shape index (κ1) is 14.7. The van der Waals surface area contributed by atoms with Crippen molar-refractivity contribution in [1.29, 1.82) is 0 Å². The fourth-order valence-electron chi connectivity index (χ4n) is 1.56. The van der Waals surface area contributed by atoms with Gasteiger partial charge in [-0.25, -0.2) is 12.8 Å². The lowest BCUT2D eigenvalue weighted by molar-refractivity contribution is -0.384. The fourth-order valence-corrected chi connectivity index (χ4v) is 2.65. The van der Waals surface area contributed by atoms with Crippen LogP contribution < -0.4 is 4.72 Å². The van der Waals surface area contributed by atoms with E-state index in [1.54, 1.807) is 0 Å². The lowest BCUT2D eigenvalue weighted by Crippen LogP contribution is -2.13. The molecule has 2 aromatic rings. The number of sulfonamides is 1. The van der Waals surface area contributed by atoms with Crippen molar-refractivity contribution in [3.05, 3.63) is 58.4 Å². The maximum absolute atomic E-state index is 13.1. The van der Waals surface area contributed by atoms with E-state index < -0.39 is 32.2 Å². The molecule has 0 aliphatic rings. The van der Waals surface area contributed by atoms with Crippen molar-refractivity contribution in [1.82, 2.24) is 0 Å². The molecule has 0 aliphatic carbocycles. The Hall–Kier alpha value is -2.68. The second kappa shape index (κ2) is 5.37. The van der Waals surface area contributed by atoms with Crippen molar-refractivity contribution in [2.24, 2.45) is 0 Å². The quantitative estimate of drug-likeness (QED) is 0.511.